The second kappa shape index (κ2) is 11.4. The first-order valence-electron chi connectivity index (χ1n) is 4.90. The Labute approximate surface area is 117 Å². The largest absolute Gasteiger partial charge is 0.396 e. The van der Waals surface area contributed by atoms with E-state index in [4.69, 9.17) is 16.9 Å². The molecule has 0 radical (unpaired) electrons. The van der Waals surface area contributed by atoms with Crippen molar-refractivity contribution in [1.82, 2.24) is 4.98 Å². The molecule has 8 nitrogen and oxygen atoms in total. The molecule has 0 saturated heterocycles. The summed E-state index contributed by atoms with van der Waals surface area (Å²) < 4.78 is 0. The van der Waals surface area contributed by atoms with Crippen molar-refractivity contribution in [1.29, 1.82) is 0 Å². The van der Waals surface area contributed by atoms with Gasteiger partial charge in [0.2, 0.25) is 5.91 Å². The van der Waals surface area contributed by atoms with Gasteiger partial charge in [0, 0.05) is 11.6 Å². The van der Waals surface area contributed by atoms with E-state index in [0.29, 0.717) is 11.7 Å². The zero-order valence-electron chi connectivity index (χ0n) is 9.91. The molecule has 1 amide bonds. The van der Waals surface area contributed by atoms with Crippen molar-refractivity contribution in [2.45, 2.75) is 6.92 Å². The minimum atomic E-state index is -0.955. The average Bonchev–Trinajstić information content (AvgIpc) is 2.92. The van der Waals surface area contributed by atoms with Crippen LogP contribution in [0.15, 0.2) is 16.7 Å². The fraction of sp³-hybridized carbons (Fsp3) is 0.333. The number of hydrogen-bond donors (Lipinski definition) is 2. The number of nitrogens with one attached hydrogen (secondary N) is 1. The summed E-state index contributed by atoms with van der Waals surface area (Å²) in [5, 5.41) is 15.6. The molecule has 1 heterocycles. The maximum atomic E-state index is 10.6. The van der Waals surface area contributed by atoms with Crippen molar-refractivity contribution in [2.24, 2.45) is 5.16 Å². The predicted octanol–water partition coefficient (Wildman–Crippen LogP) is 1.35. The van der Waals surface area contributed by atoms with Crippen molar-refractivity contribution in [2.75, 3.05) is 17.8 Å². The lowest BCUT2D eigenvalue weighted by molar-refractivity contribution is -0.225. The van der Waals surface area contributed by atoms with Gasteiger partial charge in [-0.3, -0.25) is 9.68 Å². The summed E-state index contributed by atoms with van der Waals surface area (Å²) in [6.07, 6.45) is 2.35. The molecule has 0 saturated carbocycles. The number of nitrogens with zero attached hydrogens (tertiary/aromatic N) is 2. The first kappa shape index (κ1) is 17.3. The van der Waals surface area contributed by atoms with Crippen LogP contribution in [-0.4, -0.2) is 40.8 Å². The monoisotopic (exact) mass is 309 g/mol. The molecule has 1 rings (SSSR count). The summed E-state index contributed by atoms with van der Waals surface area (Å²) >= 11 is 6.60. The number of rotatable bonds is 5. The maximum Gasteiger partial charge on any atom is 0.387 e. The molecule has 1 aromatic rings. The van der Waals surface area contributed by atoms with Gasteiger partial charge in [0.15, 0.2) is 11.3 Å². The van der Waals surface area contributed by atoms with Gasteiger partial charge in [0.05, 0.1) is 0 Å². The van der Waals surface area contributed by atoms with Crippen LogP contribution in [0, 0.1) is 0 Å². The molecule has 1 aromatic heterocycles. The number of carbonyl (C=O) groups is 2. The maximum absolute atomic E-state index is 10.6. The summed E-state index contributed by atoms with van der Waals surface area (Å²) in [6, 6.07) is 0. The van der Waals surface area contributed by atoms with E-state index in [2.05, 4.69) is 25.2 Å². The van der Waals surface area contributed by atoms with Crippen LogP contribution >= 0.6 is 22.9 Å². The van der Waals surface area contributed by atoms with Crippen LogP contribution in [0.4, 0.5) is 5.13 Å². The molecule has 0 unspecified atom stereocenters. The number of hydrogen-bond acceptors (Lipinski definition) is 8. The van der Waals surface area contributed by atoms with E-state index < -0.39 is 5.97 Å². The SMILES string of the molecule is CCON=CC(=O)OO.O=C(CCl)Nc1nccs1. The third kappa shape index (κ3) is 9.94. The predicted molar refractivity (Wildman–Crippen MR) is 70.3 cm³/mol. The number of oxime groups is 1. The van der Waals surface area contributed by atoms with Gasteiger partial charge in [-0.2, -0.15) is 5.26 Å². The topological polar surface area (TPSA) is 110 Å². The second-order valence-corrected chi connectivity index (χ2v) is 3.74. The van der Waals surface area contributed by atoms with Crippen molar-refractivity contribution >= 4 is 46.2 Å². The van der Waals surface area contributed by atoms with Crippen molar-refractivity contribution in [3.05, 3.63) is 11.6 Å². The molecule has 0 atom stereocenters. The Morgan fingerprint density at radius 2 is 2.42 bits per heavy atom. The molecule has 19 heavy (non-hydrogen) atoms. The molecule has 106 valence electrons. The number of thiazole rings is 1. The summed E-state index contributed by atoms with van der Waals surface area (Å²) in [7, 11) is 0. The van der Waals surface area contributed by atoms with Crippen molar-refractivity contribution < 1.29 is 24.6 Å². The van der Waals surface area contributed by atoms with Crippen LogP contribution in [-0.2, 0) is 19.3 Å². The lowest BCUT2D eigenvalue weighted by Crippen LogP contribution is -2.11. The fourth-order valence-electron chi connectivity index (χ4n) is 0.616. The van der Waals surface area contributed by atoms with Crippen LogP contribution in [0.3, 0.4) is 0 Å². The van der Waals surface area contributed by atoms with Crippen molar-refractivity contribution in [3.63, 3.8) is 0 Å². The smallest absolute Gasteiger partial charge is 0.387 e. The summed E-state index contributed by atoms with van der Waals surface area (Å²) in [5.74, 6) is -1.21. The Balaban J connectivity index is 0.000000344. The van der Waals surface area contributed by atoms with Crippen LogP contribution in [0.25, 0.3) is 0 Å². The van der Waals surface area contributed by atoms with Gasteiger partial charge in [-0.05, 0) is 6.92 Å². The van der Waals surface area contributed by atoms with Crippen LogP contribution < -0.4 is 5.32 Å². The number of aromatic nitrogens is 1. The highest BCUT2D eigenvalue weighted by Crippen LogP contribution is 2.09. The Hall–Kier alpha value is -1.71. The fourth-order valence-corrected chi connectivity index (χ4v) is 1.23. The minimum absolute atomic E-state index is 0.0282. The summed E-state index contributed by atoms with van der Waals surface area (Å²) in [5.41, 5.74) is 0. The van der Waals surface area contributed by atoms with Gasteiger partial charge in [0.1, 0.15) is 12.5 Å². The Kier molecular flexibility index (Phi) is 10.4. The number of anilines is 1. The lowest BCUT2D eigenvalue weighted by atomic mass is 10.7. The zero-order valence-corrected chi connectivity index (χ0v) is 11.5. The Bertz CT molecular complexity index is 399. The van der Waals surface area contributed by atoms with Gasteiger partial charge in [-0.15, -0.1) is 22.9 Å². The zero-order chi connectivity index (χ0) is 14.5. The summed E-state index contributed by atoms with van der Waals surface area (Å²) in [4.78, 5) is 32.0. The summed E-state index contributed by atoms with van der Waals surface area (Å²) in [6.45, 7) is 2.08. The minimum Gasteiger partial charge on any atom is -0.396 e. The third-order valence-electron chi connectivity index (χ3n) is 1.25. The van der Waals surface area contributed by atoms with Crippen LogP contribution in [0.1, 0.15) is 6.92 Å². The molecule has 2 N–H and O–H groups in total. The van der Waals surface area contributed by atoms with Gasteiger partial charge in [-0.25, -0.2) is 9.78 Å². The molecular formula is C9H12ClN3O5S. The van der Waals surface area contributed by atoms with Gasteiger partial charge < -0.3 is 10.2 Å². The van der Waals surface area contributed by atoms with E-state index in [9.17, 15) is 9.59 Å². The van der Waals surface area contributed by atoms with Gasteiger partial charge in [0.25, 0.3) is 0 Å². The second-order valence-electron chi connectivity index (χ2n) is 2.58. The van der Waals surface area contributed by atoms with Crippen LogP contribution in [0.5, 0.6) is 0 Å². The number of carbonyl (C=O) groups excluding carboxylic acids is 2. The normalized spacial score (nSPS) is 9.42. The average molecular weight is 310 g/mol. The number of amides is 1. The number of halogens is 1. The first-order chi connectivity index (χ1) is 9.13. The molecule has 0 aliphatic carbocycles. The van der Waals surface area contributed by atoms with Crippen LogP contribution in [0.2, 0.25) is 0 Å². The van der Waals surface area contributed by atoms with Gasteiger partial charge >= 0.3 is 5.97 Å². The Morgan fingerprint density at radius 1 is 1.68 bits per heavy atom. The van der Waals surface area contributed by atoms with E-state index in [1.54, 1.807) is 18.5 Å². The van der Waals surface area contributed by atoms with E-state index in [1.165, 1.54) is 11.3 Å². The van der Waals surface area contributed by atoms with E-state index >= 15 is 0 Å². The highest BCUT2D eigenvalue weighted by Gasteiger charge is 1.99. The molecular weight excluding hydrogens is 298 g/mol. The number of alkyl halides is 1. The van der Waals surface area contributed by atoms with E-state index in [0.717, 1.165) is 6.21 Å². The van der Waals surface area contributed by atoms with Crippen molar-refractivity contribution in [3.8, 4) is 0 Å². The molecule has 0 aliphatic rings. The van der Waals surface area contributed by atoms with E-state index in [-0.39, 0.29) is 11.8 Å². The van der Waals surface area contributed by atoms with E-state index in [1.807, 2.05) is 0 Å². The highest BCUT2D eigenvalue weighted by atomic mass is 35.5. The lowest BCUT2D eigenvalue weighted by Gasteiger charge is -1.93. The molecule has 0 bridgehead atoms. The molecule has 10 heteroatoms. The van der Waals surface area contributed by atoms with Gasteiger partial charge in [-0.1, -0.05) is 5.16 Å². The first-order valence-corrected chi connectivity index (χ1v) is 6.31. The molecule has 0 spiro atoms. The molecule has 0 aliphatic heterocycles. The third-order valence-corrected chi connectivity index (χ3v) is 2.18. The Morgan fingerprint density at radius 3 is 2.89 bits per heavy atom. The standard InChI is InChI=1S/C5H5ClN2OS.C4H7NO4/c6-3-4(9)8-5-7-1-2-10-5;1-2-8-5-3-4(6)9-7/h1-2H,3H2,(H,7,8,9);3,7H,2H2,1H3. The quantitative estimate of drug-likeness (QED) is 0.367. The highest BCUT2D eigenvalue weighted by molar-refractivity contribution is 7.13. The molecule has 0 fully saturated rings. The molecule has 0 aromatic carbocycles.